The van der Waals surface area contributed by atoms with Crippen LogP contribution in [0.4, 0.5) is 0 Å². The molecule has 0 N–H and O–H groups in total. The number of benzene rings is 1. The molecule has 3 aromatic rings. The molecule has 92 valence electrons. The van der Waals surface area contributed by atoms with E-state index in [-0.39, 0.29) is 12.4 Å². The van der Waals surface area contributed by atoms with Gasteiger partial charge in [-0.1, -0.05) is 0 Å². The van der Waals surface area contributed by atoms with Gasteiger partial charge in [0.05, 0.1) is 25.6 Å². The SMILES string of the molecule is CCOC(=O)Cc1coc2cc3ccoc3cc12. The first kappa shape index (κ1) is 10.9. The van der Waals surface area contributed by atoms with Gasteiger partial charge in [0.2, 0.25) is 0 Å². The predicted octanol–water partition coefficient (Wildman–Crippen LogP) is 3.28. The zero-order chi connectivity index (χ0) is 12.5. The monoisotopic (exact) mass is 244 g/mol. The lowest BCUT2D eigenvalue weighted by Crippen LogP contribution is -2.06. The maximum atomic E-state index is 11.5. The molecule has 0 saturated carbocycles. The van der Waals surface area contributed by atoms with Gasteiger partial charge in [0.15, 0.2) is 0 Å². The Bertz CT molecular complexity index is 705. The predicted molar refractivity (Wildman–Crippen MR) is 66.3 cm³/mol. The summed E-state index contributed by atoms with van der Waals surface area (Å²) in [5.41, 5.74) is 2.36. The summed E-state index contributed by atoms with van der Waals surface area (Å²) in [6.07, 6.45) is 3.45. The Balaban J connectivity index is 2.04. The number of hydrogen-bond donors (Lipinski definition) is 0. The van der Waals surface area contributed by atoms with E-state index in [9.17, 15) is 4.79 Å². The van der Waals surface area contributed by atoms with Crippen molar-refractivity contribution in [2.75, 3.05) is 6.61 Å². The molecule has 1 aromatic carbocycles. The maximum absolute atomic E-state index is 11.5. The molecule has 3 rings (SSSR count). The molecule has 0 radical (unpaired) electrons. The van der Waals surface area contributed by atoms with E-state index in [4.69, 9.17) is 13.6 Å². The van der Waals surface area contributed by atoms with Crippen molar-refractivity contribution in [3.63, 3.8) is 0 Å². The summed E-state index contributed by atoms with van der Waals surface area (Å²) in [6.45, 7) is 2.18. The first-order chi connectivity index (χ1) is 8.78. The van der Waals surface area contributed by atoms with Crippen molar-refractivity contribution >= 4 is 27.9 Å². The molecule has 2 aromatic heterocycles. The molecule has 0 aliphatic carbocycles. The summed E-state index contributed by atoms with van der Waals surface area (Å²) >= 11 is 0. The zero-order valence-corrected chi connectivity index (χ0v) is 9.93. The van der Waals surface area contributed by atoms with Crippen LogP contribution in [0.3, 0.4) is 0 Å². The van der Waals surface area contributed by atoms with E-state index in [1.54, 1.807) is 19.5 Å². The number of hydrogen-bond acceptors (Lipinski definition) is 4. The van der Waals surface area contributed by atoms with Gasteiger partial charge < -0.3 is 13.6 Å². The highest BCUT2D eigenvalue weighted by Gasteiger charge is 2.12. The molecule has 0 fully saturated rings. The number of ether oxygens (including phenoxy) is 1. The Morgan fingerprint density at radius 1 is 1.28 bits per heavy atom. The van der Waals surface area contributed by atoms with Crippen LogP contribution in [0.2, 0.25) is 0 Å². The number of furan rings is 2. The highest BCUT2D eigenvalue weighted by molar-refractivity contribution is 5.96. The second-order valence-corrected chi connectivity index (χ2v) is 4.05. The summed E-state index contributed by atoms with van der Waals surface area (Å²) in [5.74, 6) is -0.250. The van der Waals surface area contributed by atoms with Crippen LogP contribution in [0.15, 0.2) is 39.6 Å². The lowest BCUT2D eigenvalue weighted by molar-refractivity contribution is -0.142. The normalized spacial score (nSPS) is 11.2. The Kier molecular flexibility index (Phi) is 2.55. The number of fused-ring (bicyclic) bond motifs is 2. The van der Waals surface area contributed by atoms with Crippen LogP contribution in [-0.4, -0.2) is 12.6 Å². The summed E-state index contributed by atoms with van der Waals surface area (Å²) in [5, 5.41) is 1.88. The van der Waals surface area contributed by atoms with Crippen LogP contribution in [0.1, 0.15) is 12.5 Å². The van der Waals surface area contributed by atoms with E-state index in [0.717, 1.165) is 27.5 Å². The molecule has 0 unspecified atom stereocenters. The van der Waals surface area contributed by atoms with Gasteiger partial charge in [0.25, 0.3) is 0 Å². The molecule has 0 atom stereocenters. The van der Waals surface area contributed by atoms with Gasteiger partial charge in [-0.3, -0.25) is 4.79 Å². The Labute approximate surface area is 103 Å². The molecule has 0 aliphatic heterocycles. The van der Waals surface area contributed by atoms with Gasteiger partial charge in [-0.2, -0.15) is 0 Å². The highest BCUT2D eigenvalue weighted by Crippen LogP contribution is 2.28. The average Bonchev–Trinajstić information content (AvgIpc) is 2.94. The largest absolute Gasteiger partial charge is 0.466 e. The number of carbonyl (C=O) groups excluding carboxylic acids is 1. The minimum Gasteiger partial charge on any atom is -0.466 e. The molecule has 0 aliphatic rings. The lowest BCUT2D eigenvalue weighted by atomic mass is 10.1. The van der Waals surface area contributed by atoms with Gasteiger partial charge in [0.1, 0.15) is 11.2 Å². The summed E-state index contributed by atoms with van der Waals surface area (Å²) in [6, 6.07) is 5.67. The summed E-state index contributed by atoms with van der Waals surface area (Å²) in [7, 11) is 0. The van der Waals surface area contributed by atoms with Gasteiger partial charge in [-0.15, -0.1) is 0 Å². The maximum Gasteiger partial charge on any atom is 0.310 e. The molecule has 2 heterocycles. The van der Waals surface area contributed by atoms with E-state index in [1.165, 1.54) is 0 Å². The van der Waals surface area contributed by atoms with Crippen LogP contribution in [-0.2, 0) is 16.0 Å². The Morgan fingerprint density at radius 2 is 2.17 bits per heavy atom. The third-order valence-electron chi connectivity index (χ3n) is 2.87. The number of esters is 1. The topological polar surface area (TPSA) is 52.6 Å². The molecular weight excluding hydrogens is 232 g/mol. The van der Waals surface area contributed by atoms with Crippen molar-refractivity contribution in [1.29, 1.82) is 0 Å². The van der Waals surface area contributed by atoms with Gasteiger partial charge in [-0.05, 0) is 25.1 Å². The second-order valence-electron chi connectivity index (χ2n) is 4.05. The molecule has 4 heteroatoms. The number of rotatable bonds is 3. The first-order valence-corrected chi connectivity index (χ1v) is 5.81. The van der Waals surface area contributed by atoms with Crippen LogP contribution in [0.25, 0.3) is 21.9 Å². The fourth-order valence-electron chi connectivity index (χ4n) is 2.04. The molecule has 0 spiro atoms. The number of carbonyl (C=O) groups is 1. The highest BCUT2D eigenvalue weighted by atomic mass is 16.5. The van der Waals surface area contributed by atoms with Crippen LogP contribution in [0, 0.1) is 0 Å². The van der Waals surface area contributed by atoms with E-state index in [1.807, 2.05) is 18.2 Å². The van der Waals surface area contributed by atoms with E-state index in [2.05, 4.69) is 0 Å². The van der Waals surface area contributed by atoms with Crippen molar-refractivity contribution in [2.24, 2.45) is 0 Å². The quantitative estimate of drug-likeness (QED) is 0.663. The van der Waals surface area contributed by atoms with Crippen molar-refractivity contribution < 1.29 is 18.4 Å². The summed E-state index contributed by atoms with van der Waals surface area (Å²) in [4.78, 5) is 11.5. The first-order valence-electron chi connectivity index (χ1n) is 5.81. The fourth-order valence-corrected chi connectivity index (χ4v) is 2.04. The summed E-state index contributed by atoms with van der Waals surface area (Å²) < 4.78 is 15.7. The average molecular weight is 244 g/mol. The zero-order valence-electron chi connectivity index (χ0n) is 9.93. The third-order valence-corrected chi connectivity index (χ3v) is 2.87. The van der Waals surface area contributed by atoms with E-state index in [0.29, 0.717) is 6.61 Å². The van der Waals surface area contributed by atoms with Gasteiger partial charge >= 0.3 is 5.97 Å². The van der Waals surface area contributed by atoms with E-state index < -0.39 is 0 Å². The smallest absolute Gasteiger partial charge is 0.310 e. The second kappa shape index (κ2) is 4.22. The minimum atomic E-state index is -0.250. The van der Waals surface area contributed by atoms with Crippen molar-refractivity contribution in [3.05, 3.63) is 36.3 Å². The molecule has 0 saturated heterocycles. The Morgan fingerprint density at radius 3 is 3.00 bits per heavy atom. The van der Waals surface area contributed by atoms with Crippen molar-refractivity contribution in [3.8, 4) is 0 Å². The van der Waals surface area contributed by atoms with Crippen molar-refractivity contribution in [2.45, 2.75) is 13.3 Å². The minimum absolute atomic E-state index is 0.215. The molecule has 0 amide bonds. The fraction of sp³-hybridized carbons (Fsp3) is 0.214. The van der Waals surface area contributed by atoms with E-state index >= 15 is 0 Å². The molecular formula is C14H12O4. The third kappa shape index (κ3) is 1.76. The van der Waals surface area contributed by atoms with Crippen LogP contribution < -0.4 is 0 Å². The molecule has 0 bridgehead atoms. The Hall–Kier alpha value is -2.23. The van der Waals surface area contributed by atoms with Crippen LogP contribution >= 0.6 is 0 Å². The van der Waals surface area contributed by atoms with Crippen LogP contribution in [0.5, 0.6) is 0 Å². The molecule has 4 nitrogen and oxygen atoms in total. The van der Waals surface area contributed by atoms with Gasteiger partial charge in [-0.25, -0.2) is 0 Å². The van der Waals surface area contributed by atoms with Gasteiger partial charge in [0, 0.05) is 16.3 Å². The standard InChI is InChI=1S/C14H12O4/c1-2-16-14(15)6-10-8-18-13-5-9-3-4-17-12(9)7-11(10)13/h3-5,7-8H,2,6H2,1H3. The lowest BCUT2D eigenvalue weighted by Gasteiger charge is -1.99. The molecule has 18 heavy (non-hydrogen) atoms. The van der Waals surface area contributed by atoms with Crippen molar-refractivity contribution in [1.82, 2.24) is 0 Å².